The lowest BCUT2D eigenvalue weighted by atomic mass is 9.76. The van der Waals surface area contributed by atoms with Gasteiger partial charge in [0.05, 0.1) is 5.41 Å². The molecule has 0 atom stereocenters. The highest BCUT2D eigenvalue weighted by Gasteiger charge is 2.38. The molecule has 1 fully saturated rings. The molecule has 0 radical (unpaired) electrons. The summed E-state index contributed by atoms with van der Waals surface area (Å²) in [5, 5.41) is 12.2. The maximum atomic E-state index is 11.0. The van der Waals surface area contributed by atoms with E-state index in [1.54, 1.807) is 6.08 Å². The first kappa shape index (κ1) is 9.26. The van der Waals surface area contributed by atoms with Gasteiger partial charge in [0.15, 0.2) is 0 Å². The Morgan fingerprint density at radius 3 is 2.58 bits per heavy atom. The van der Waals surface area contributed by atoms with E-state index in [-0.39, 0.29) is 0 Å². The van der Waals surface area contributed by atoms with E-state index in [4.69, 9.17) is 5.11 Å². The number of carboxylic acid groups (broad SMARTS) is 1. The van der Waals surface area contributed by atoms with Crippen LogP contribution in [0.15, 0.2) is 12.7 Å². The Kier molecular flexibility index (Phi) is 2.87. The third-order valence-electron chi connectivity index (χ3n) is 2.55. The molecule has 0 aliphatic carbocycles. The SMILES string of the molecule is C=CCC1(C(=O)O)CCNCC1. The standard InChI is InChI=1S/C9H15NO2/c1-2-3-9(8(11)12)4-6-10-7-5-9/h2,10H,1,3-7H2,(H,11,12). The molecule has 0 aromatic heterocycles. The number of carboxylic acids is 1. The average Bonchev–Trinajstić information content (AvgIpc) is 2.06. The molecular formula is C9H15NO2. The summed E-state index contributed by atoms with van der Waals surface area (Å²) in [6.45, 7) is 5.21. The molecule has 1 aliphatic heterocycles. The molecule has 0 unspecified atom stereocenters. The second-order valence-electron chi connectivity index (χ2n) is 3.33. The third-order valence-corrected chi connectivity index (χ3v) is 2.55. The molecule has 0 bridgehead atoms. The molecule has 12 heavy (non-hydrogen) atoms. The van der Waals surface area contributed by atoms with Gasteiger partial charge in [0.1, 0.15) is 0 Å². The first-order chi connectivity index (χ1) is 5.71. The fourth-order valence-electron chi connectivity index (χ4n) is 1.69. The largest absolute Gasteiger partial charge is 0.481 e. The Bertz CT molecular complexity index is 183. The first-order valence-corrected chi connectivity index (χ1v) is 4.26. The maximum absolute atomic E-state index is 11.0. The van der Waals surface area contributed by atoms with Gasteiger partial charge < -0.3 is 10.4 Å². The molecule has 1 rings (SSSR count). The van der Waals surface area contributed by atoms with Crippen LogP contribution in [-0.2, 0) is 4.79 Å². The Hall–Kier alpha value is -0.830. The van der Waals surface area contributed by atoms with Crippen LogP contribution in [0.3, 0.4) is 0 Å². The predicted octanol–water partition coefficient (Wildman–Crippen LogP) is 1.02. The highest BCUT2D eigenvalue weighted by atomic mass is 16.4. The van der Waals surface area contributed by atoms with Gasteiger partial charge >= 0.3 is 5.97 Å². The zero-order valence-corrected chi connectivity index (χ0v) is 7.18. The Morgan fingerprint density at radius 1 is 1.58 bits per heavy atom. The highest BCUT2D eigenvalue weighted by Crippen LogP contribution is 2.33. The van der Waals surface area contributed by atoms with Crippen molar-refractivity contribution in [1.82, 2.24) is 5.32 Å². The minimum Gasteiger partial charge on any atom is -0.481 e. The second-order valence-corrected chi connectivity index (χ2v) is 3.33. The summed E-state index contributed by atoms with van der Waals surface area (Å²) in [5.74, 6) is -0.677. The van der Waals surface area contributed by atoms with Crippen molar-refractivity contribution in [2.24, 2.45) is 5.41 Å². The number of allylic oxidation sites excluding steroid dienone is 1. The molecule has 1 aliphatic rings. The van der Waals surface area contributed by atoms with E-state index in [1.807, 2.05) is 0 Å². The van der Waals surface area contributed by atoms with Crippen LogP contribution in [0, 0.1) is 5.41 Å². The zero-order valence-electron chi connectivity index (χ0n) is 7.18. The van der Waals surface area contributed by atoms with E-state index in [9.17, 15) is 4.79 Å². The van der Waals surface area contributed by atoms with E-state index in [0.29, 0.717) is 19.3 Å². The van der Waals surface area contributed by atoms with Gasteiger partial charge in [-0.05, 0) is 32.4 Å². The van der Waals surface area contributed by atoms with Crippen molar-refractivity contribution in [3.63, 3.8) is 0 Å². The van der Waals surface area contributed by atoms with Gasteiger partial charge in [-0.25, -0.2) is 0 Å². The molecule has 1 heterocycles. The number of aliphatic carboxylic acids is 1. The minimum atomic E-state index is -0.677. The van der Waals surface area contributed by atoms with Crippen molar-refractivity contribution in [2.75, 3.05) is 13.1 Å². The molecule has 0 saturated carbocycles. The number of hydrogen-bond acceptors (Lipinski definition) is 2. The summed E-state index contributed by atoms with van der Waals surface area (Å²) < 4.78 is 0. The summed E-state index contributed by atoms with van der Waals surface area (Å²) in [7, 11) is 0. The van der Waals surface area contributed by atoms with Crippen LogP contribution < -0.4 is 5.32 Å². The van der Waals surface area contributed by atoms with Gasteiger partial charge in [0, 0.05) is 0 Å². The minimum absolute atomic E-state index is 0.535. The van der Waals surface area contributed by atoms with Crippen molar-refractivity contribution < 1.29 is 9.90 Å². The van der Waals surface area contributed by atoms with E-state index in [2.05, 4.69) is 11.9 Å². The maximum Gasteiger partial charge on any atom is 0.310 e. The lowest BCUT2D eigenvalue weighted by molar-refractivity contribution is -0.150. The number of rotatable bonds is 3. The van der Waals surface area contributed by atoms with Crippen LogP contribution in [0.25, 0.3) is 0 Å². The molecule has 0 aromatic carbocycles. The number of hydrogen-bond donors (Lipinski definition) is 2. The molecule has 0 amide bonds. The molecule has 68 valence electrons. The number of piperidine rings is 1. The van der Waals surface area contributed by atoms with Crippen molar-refractivity contribution in [2.45, 2.75) is 19.3 Å². The van der Waals surface area contributed by atoms with Gasteiger partial charge in [-0.1, -0.05) is 6.08 Å². The van der Waals surface area contributed by atoms with E-state index in [1.165, 1.54) is 0 Å². The van der Waals surface area contributed by atoms with Gasteiger partial charge in [0.25, 0.3) is 0 Å². The van der Waals surface area contributed by atoms with Crippen molar-refractivity contribution in [3.05, 3.63) is 12.7 Å². The Balaban J connectivity index is 2.69. The summed E-state index contributed by atoms with van der Waals surface area (Å²) in [6.07, 6.45) is 3.73. The molecule has 3 nitrogen and oxygen atoms in total. The van der Waals surface area contributed by atoms with Crippen molar-refractivity contribution >= 4 is 5.97 Å². The number of nitrogens with one attached hydrogen (secondary N) is 1. The topological polar surface area (TPSA) is 49.3 Å². The van der Waals surface area contributed by atoms with Crippen LogP contribution in [0.1, 0.15) is 19.3 Å². The van der Waals surface area contributed by atoms with Crippen LogP contribution in [0.5, 0.6) is 0 Å². The fourth-order valence-corrected chi connectivity index (χ4v) is 1.69. The first-order valence-electron chi connectivity index (χ1n) is 4.26. The van der Waals surface area contributed by atoms with E-state index < -0.39 is 11.4 Å². The zero-order chi connectivity index (χ0) is 9.03. The number of carbonyl (C=O) groups is 1. The van der Waals surface area contributed by atoms with Gasteiger partial charge in [-0.3, -0.25) is 4.79 Å². The molecule has 3 heteroatoms. The Labute approximate surface area is 72.5 Å². The molecule has 0 aromatic rings. The lowest BCUT2D eigenvalue weighted by Gasteiger charge is -2.32. The summed E-state index contributed by atoms with van der Waals surface area (Å²) in [5.41, 5.74) is -0.535. The van der Waals surface area contributed by atoms with E-state index >= 15 is 0 Å². The smallest absolute Gasteiger partial charge is 0.310 e. The lowest BCUT2D eigenvalue weighted by Crippen LogP contribution is -2.41. The molecule has 2 N–H and O–H groups in total. The summed E-state index contributed by atoms with van der Waals surface area (Å²) in [4.78, 5) is 11.0. The molecular weight excluding hydrogens is 154 g/mol. The van der Waals surface area contributed by atoms with Crippen LogP contribution >= 0.6 is 0 Å². The normalized spacial score (nSPS) is 21.7. The predicted molar refractivity (Wildman–Crippen MR) is 47.0 cm³/mol. The summed E-state index contributed by atoms with van der Waals surface area (Å²) in [6, 6.07) is 0. The van der Waals surface area contributed by atoms with Crippen LogP contribution in [0.4, 0.5) is 0 Å². The monoisotopic (exact) mass is 169 g/mol. The summed E-state index contributed by atoms with van der Waals surface area (Å²) >= 11 is 0. The average molecular weight is 169 g/mol. The van der Waals surface area contributed by atoms with Crippen LogP contribution in [0.2, 0.25) is 0 Å². The van der Waals surface area contributed by atoms with Crippen molar-refractivity contribution in [3.8, 4) is 0 Å². The van der Waals surface area contributed by atoms with Crippen molar-refractivity contribution in [1.29, 1.82) is 0 Å². The van der Waals surface area contributed by atoms with Gasteiger partial charge in [-0.2, -0.15) is 0 Å². The highest BCUT2D eigenvalue weighted by molar-refractivity contribution is 5.75. The fraction of sp³-hybridized carbons (Fsp3) is 0.667. The third kappa shape index (κ3) is 1.67. The van der Waals surface area contributed by atoms with Gasteiger partial charge in [-0.15, -0.1) is 6.58 Å². The Morgan fingerprint density at radius 2 is 2.17 bits per heavy atom. The molecule has 0 spiro atoms. The molecule has 1 saturated heterocycles. The second kappa shape index (κ2) is 3.72. The van der Waals surface area contributed by atoms with Crippen LogP contribution in [-0.4, -0.2) is 24.2 Å². The quantitative estimate of drug-likeness (QED) is 0.620. The van der Waals surface area contributed by atoms with E-state index in [0.717, 1.165) is 13.1 Å². The van der Waals surface area contributed by atoms with Gasteiger partial charge in [0.2, 0.25) is 0 Å².